The highest BCUT2D eigenvalue weighted by Crippen LogP contribution is 2.42. The Morgan fingerprint density at radius 2 is 0.621 bits per heavy atom. The van der Waals surface area contributed by atoms with E-state index in [0.717, 1.165) is 54.6 Å². The first-order chi connectivity index (χ1) is 63.7. The van der Waals surface area contributed by atoms with Crippen LogP contribution in [-0.4, -0.2) is 105 Å². The van der Waals surface area contributed by atoms with E-state index in [1.165, 1.54) is 74.3 Å². The van der Waals surface area contributed by atoms with Crippen LogP contribution in [-0.2, 0) is 65.6 Å². The third-order valence-corrected chi connectivity index (χ3v) is 26.7. The van der Waals surface area contributed by atoms with Gasteiger partial charge in [-0.05, 0) is 194 Å². The molecule has 44 heteroatoms. The van der Waals surface area contributed by atoms with Crippen LogP contribution < -0.4 is 56.8 Å². The molecule has 4 aliphatic rings. The molecule has 0 radical (unpaired) electrons. The average Bonchev–Trinajstić information content (AvgIpc) is 1.61. The van der Waals surface area contributed by atoms with Crippen molar-refractivity contribution in [3.8, 4) is 46.0 Å². The quantitative estimate of drug-likeness (QED) is 0.0408. The molecule has 12 aromatic rings. The Hall–Kier alpha value is -10.2. The molecule has 0 spiro atoms. The molecule has 16 rings (SSSR count). The maximum atomic E-state index is 13.4. The van der Waals surface area contributed by atoms with Gasteiger partial charge in [0, 0.05) is 44.7 Å². The van der Waals surface area contributed by atoms with Gasteiger partial charge < -0.3 is 56.0 Å². The summed E-state index contributed by atoms with van der Waals surface area (Å²) in [5, 5.41) is 18.2. The molecule has 4 N–H and O–H groups in total. The van der Waals surface area contributed by atoms with Crippen molar-refractivity contribution in [2.24, 2.45) is 0 Å². The van der Waals surface area contributed by atoms with Crippen molar-refractivity contribution in [1.82, 2.24) is 20.6 Å². The van der Waals surface area contributed by atoms with Crippen LogP contribution in [0.5, 0.6) is 46.0 Å². The van der Waals surface area contributed by atoms with E-state index in [9.17, 15) is 52.8 Å². The van der Waals surface area contributed by atoms with Crippen LogP contribution in [0.15, 0.2) is 132 Å². The minimum Gasteiger partial charge on any atom is -0.454 e. The Morgan fingerprint density at radius 1 is 0.388 bits per heavy atom. The van der Waals surface area contributed by atoms with E-state index in [4.69, 9.17) is 133 Å². The smallest absolute Gasteiger partial charge is 0.265 e. The number of benzene rings is 4. The first-order valence-corrected chi connectivity index (χ1v) is 42.5. The summed E-state index contributed by atoms with van der Waals surface area (Å²) < 4.78 is 342. The number of nitrogens with one attached hydrogen (secondary N) is 4. The molecule has 0 saturated heterocycles. The molecule has 0 saturated carbocycles. The van der Waals surface area contributed by atoms with Gasteiger partial charge in [-0.1, -0.05) is 67.0 Å². The summed E-state index contributed by atoms with van der Waals surface area (Å²) in [4.78, 5) is 48.7. The fourth-order valence-corrected chi connectivity index (χ4v) is 19.4. The second-order valence-electron chi connectivity index (χ2n) is 23.4. The van der Waals surface area contributed by atoms with Crippen LogP contribution in [0.25, 0.3) is 0 Å². The monoisotopic (exact) mass is 1840 g/mol. The number of hydrogen-bond acceptors (Lipinski definition) is 32. The molecule has 116 heavy (non-hydrogen) atoms. The summed E-state index contributed by atoms with van der Waals surface area (Å²) in [6, 6.07) is 13.4. The van der Waals surface area contributed by atoms with Crippen LogP contribution >= 0.6 is 91.8 Å². The van der Waals surface area contributed by atoms with E-state index >= 15 is 0 Å². The molecule has 8 aromatic heterocycles. The van der Waals surface area contributed by atoms with Crippen LogP contribution in [0.3, 0.4) is 0 Å². The van der Waals surface area contributed by atoms with Gasteiger partial charge in [-0.2, -0.15) is 0 Å². The van der Waals surface area contributed by atoms with Gasteiger partial charge in [0.05, 0.1) is 19.5 Å². The van der Waals surface area contributed by atoms with Crippen molar-refractivity contribution in [2.45, 2.75) is 100 Å². The van der Waals surface area contributed by atoms with Crippen molar-refractivity contribution < 1.29 is 139 Å². The fraction of sp³-hybridized carbons (Fsp3) is 0.222. The standard InChI is InChI=1S/4C18H15ClN2O6S2/c4*1-9-5-13-14(26-8-25-13)7-11(9)6-12(22)17-15(3-4-28-17)29(23,24)21-18-16(19)10(2)20-27-18/h4*3-5,7,21H,6,8H2,1-2H3/i1D3,6D2,8D;6D2,8D2;6D2,8D;1D3,6D2/hD4. The summed E-state index contributed by atoms with van der Waals surface area (Å²) >= 11 is 26.4. The highest BCUT2D eigenvalue weighted by Gasteiger charge is 2.34. The molecule has 2 atom stereocenters. The van der Waals surface area contributed by atoms with Crippen LogP contribution in [0.1, 0.15) is 131 Å². The Balaban J connectivity index is 0.000000155. The van der Waals surface area contributed by atoms with Crippen LogP contribution in [0.4, 0.5) is 23.5 Å². The third kappa shape index (κ3) is 18.1. The van der Waals surface area contributed by atoms with Crippen molar-refractivity contribution in [3.05, 3.63) is 201 Å². The number of anilines is 4. The molecule has 4 aliphatic heterocycles. The van der Waals surface area contributed by atoms with E-state index in [2.05, 4.69) is 20.6 Å². The lowest BCUT2D eigenvalue weighted by molar-refractivity contribution is 0.0985. The number of aryl methyl sites for hydroxylation is 8. The normalized spacial score (nSPS) is 18.1. The molecule has 4 aromatic carbocycles. The first-order valence-electron chi connectivity index (χ1n) is 42.7. The van der Waals surface area contributed by atoms with E-state index < -0.39 is 208 Å². The van der Waals surface area contributed by atoms with E-state index in [1.807, 2.05) is 0 Å². The van der Waals surface area contributed by atoms with Gasteiger partial charge in [0.25, 0.3) is 63.6 Å². The van der Waals surface area contributed by atoms with Crippen molar-refractivity contribution in [2.75, 3.05) is 45.9 Å². The summed E-state index contributed by atoms with van der Waals surface area (Å²) in [6.07, 6.45) is -11.5. The second-order valence-corrected chi connectivity index (χ2v) is 34.8. The molecular weight excluding hydrogens is 1760 g/mol. The maximum Gasteiger partial charge on any atom is 0.265 e. The molecule has 0 aliphatic carbocycles. The number of sulfonamides is 4. The minimum absolute atomic E-state index is 0.00392. The minimum atomic E-state index is -4.81. The summed E-state index contributed by atoms with van der Waals surface area (Å²) in [5.41, 5.74) is -1.27. The fourth-order valence-electron chi connectivity index (χ4n) is 9.82. The molecular formula is C72H60Cl4N8O24S8. The Labute approximate surface area is 727 Å². The number of rotatable bonds is 24. The lowest BCUT2D eigenvalue weighted by Crippen LogP contribution is -2.16. The number of ether oxygens (including phenoxy) is 8. The number of thiophene rings is 4. The predicted octanol–water partition coefficient (Wildman–Crippen LogP) is 15.8. The first kappa shape index (κ1) is 59.4. The molecule has 32 nitrogen and oxygen atoms in total. The van der Waals surface area contributed by atoms with Gasteiger partial charge in [0.1, 0.15) is 67.9 Å². The number of fused-ring (bicyclic) bond motifs is 4. The summed E-state index contributed by atoms with van der Waals surface area (Å²) in [6.45, 7) is -2.41. The maximum absolute atomic E-state index is 13.4. The number of aromatic nitrogens is 4. The third-order valence-electron chi connectivity index (χ3n) is 15.5. The number of halogens is 4. The highest BCUT2D eigenvalue weighted by molar-refractivity contribution is 7.94. The average molecular weight is 1840 g/mol. The second kappa shape index (κ2) is 34.1. The van der Waals surface area contributed by atoms with Gasteiger partial charge in [0.2, 0.25) is 27.1 Å². The number of ketones is 4. The van der Waals surface area contributed by atoms with Gasteiger partial charge in [-0.3, -0.25) is 19.2 Å². The highest BCUT2D eigenvalue weighted by atomic mass is 35.5. The number of carbonyl (C=O) groups is 4. The van der Waals surface area contributed by atoms with Gasteiger partial charge >= 0.3 is 0 Å². The van der Waals surface area contributed by atoms with Crippen molar-refractivity contribution >= 4 is 179 Å². The van der Waals surface area contributed by atoms with Crippen LogP contribution in [0, 0.1) is 55.2 Å². The van der Waals surface area contributed by atoms with Gasteiger partial charge in [0.15, 0.2) is 74.8 Å². The van der Waals surface area contributed by atoms with E-state index in [1.54, 1.807) is 6.92 Å². The van der Waals surface area contributed by atoms with E-state index in [-0.39, 0.29) is 131 Å². The van der Waals surface area contributed by atoms with Crippen molar-refractivity contribution in [1.29, 1.82) is 0 Å². The van der Waals surface area contributed by atoms with Gasteiger partial charge in [-0.25, -0.2) is 52.5 Å². The Bertz CT molecular complexity index is 7420. The number of carbonyl (C=O) groups excluding carboxylic acids is 4. The Morgan fingerprint density at radius 3 is 0.888 bits per heavy atom. The molecule has 2 unspecified atom stereocenters. The number of nitrogens with zero attached hydrogens (tertiary/aromatic N) is 4. The zero-order chi connectivity index (χ0) is 102. The van der Waals surface area contributed by atoms with Crippen LogP contribution in [0.2, 0.25) is 25.7 Å². The lowest BCUT2D eigenvalue weighted by Gasteiger charge is -2.09. The largest absolute Gasteiger partial charge is 0.454 e. The molecule has 0 bridgehead atoms. The Kier molecular flexibility index (Phi) is 17.5. The summed E-state index contributed by atoms with van der Waals surface area (Å²) in [5.74, 6) is -7.28. The SMILES string of the molecule is [2H]C1Oc2cc(C([2H])([2H])[2H])c(C([2H])([2H])C(=O)c3sccc3S(=O)(=O)N([2H])c3onc(C)c3Cl)cc2O1.[2H]C1Oc2cc(C)c(C([2H])([2H])C(=O)c3sccc3S(=O)(=O)N([2H])c3onc(C)c3Cl)cc2O1.[2H]N(c1onc(C)c1Cl)S(=O)(=O)c1ccsc1C(=O)C([2H])([2H])c1cc2c(cc1C([2H])([2H])[2H])OCO2.[2H]N(c1onc(C)c1Cl)S(=O)(=O)c1ccsc1C(=O)C([2H])([2H])c1cc2c(cc1C)OC([2H])([2H])O2. The summed E-state index contributed by atoms with van der Waals surface area (Å²) in [7, 11) is -19.0. The van der Waals surface area contributed by atoms with Gasteiger partial charge in [-0.15, -0.1) is 45.3 Å². The zero-order valence-electron chi connectivity index (χ0n) is 80.8. The predicted molar refractivity (Wildman–Crippen MR) is 427 cm³/mol. The zero-order valence-corrected chi connectivity index (χ0v) is 68.3. The molecule has 12 heterocycles. The molecule has 0 fully saturated rings. The number of hydrogen-bond donors (Lipinski definition) is 4. The van der Waals surface area contributed by atoms with Crippen molar-refractivity contribution in [3.63, 3.8) is 0 Å². The topological polar surface area (TPSA) is 431 Å². The molecule has 608 valence electrons. The number of Topliss-reactive ketones (excluding diaryl/α,β-unsaturated/α-hetero) is 4. The lowest BCUT2D eigenvalue weighted by atomic mass is 10.0. The van der Waals surface area contributed by atoms with E-state index in [0.29, 0.717) is 50.9 Å². The molecule has 0 amide bonds.